The van der Waals surface area contributed by atoms with E-state index in [2.05, 4.69) is 25.8 Å². The van der Waals surface area contributed by atoms with Crippen molar-refractivity contribution in [1.82, 2.24) is 9.88 Å². The van der Waals surface area contributed by atoms with Crippen LogP contribution in [0.15, 0.2) is 22.9 Å². The lowest BCUT2D eigenvalue weighted by molar-refractivity contribution is -0.141. The molecule has 0 radical (unpaired) electrons. The highest BCUT2D eigenvalue weighted by Crippen LogP contribution is 2.30. The fourth-order valence-corrected chi connectivity index (χ4v) is 4.60. The molecule has 26 heavy (non-hydrogen) atoms. The topological polar surface area (TPSA) is 59.5 Å². The number of pyridine rings is 1. The van der Waals surface area contributed by atoms with E-state index in [1.807, 2.05) is 0 Å². The zero-order chi connectivity index (χ0) is 18.4. The summed E-state index contributed by atoms with van der Waals surface area (Å²) < 4.78 is 6.03. The minimum atomic E-state index is -0.501. The molecule has 1 heterocycles. The molecule has 6 heteroatoms. The van der Waals surface area contributed by atoms with E-state index in [0.29, 0.717) is 22.1 Å². The summed E-state index contributed by atoms with van der Waals surface area (Å²) >= 11 is 3.29. The Labute approximate surface area is 163 Å². The number of amides is 1. The Balaban J connectivity index is 1.63. The van der Waals surface area contributed by atoms with Crippen LogP contribution in [0.5, 0.6) is 0 Å². The van der Waals surface area contributed by atoms with Gasteiger partial charge in [-0.3, -0.25) is 9.78 Å². The summed E-state index contributed by atoms with van der Waals surface area (Å²) in [5, 5.41) is 0. The molecule has 3 rings (SSSR count). The molecule has 0 bridgehead atoms. The van der Waals surface area contributed by atoms with Crippen molar-refractivity contribution < 1.29 is 14.3 Å². The number of carbonyl (C=O) groups is 2. The first-order valence-corrected chi connectivity index (χ1v) is 10.5. The van der Waals surface area contributed by atoms with Crippen LogP contribution >= 0.6 is 15.9 Å². The summed E-state index contributed by atoms with van der Waals surface area (Å²) in [5.74, 6) is -0.542. The van der Waals surface area contributed by atoms with Crippen molar-refractivity contribution in [3.63, 3.8) is 0 Å². The molecule has 2 saturated carbocycles. The average Bonchev–Trinajstić information content (AvgIpc) is 2.68. The number of rotatable bonds is 5. The van der Waals surface area contributed by atoms with Crippen LogP contribution in [0.2, 0.25) is 0 Å². The van der Waals surface area contributed by atoms with Crippen LogP contribution in [0, 0.1) is 0 Å². The first-order chi connectivity index (χ1) is 12.6. The van der Waals surface area contributed by atoms with Gasteiger partial charge in [-0.1, -0.05) is 38.5 Å². The molecule has 2 aliphatic rings. The maximum absolute atomic E-state index is 13.0. The molecule has 0 unspecified atom stereocenters. The van der Waals surface area contributed by atoms with Gasteiger partial charge in [0.25, 0.3) is 5.91 Å². The van der Waals surface area contributed by atoms with Crippen molar-refractivity contribution in [2.75, 3.05) is 6.61 Å². The van der Waals surface area contributed by atoms with Crippen LogP contribution in [-0.2, 0) is 9.53 Å². The van der Waals surface area contributed by atoms with E-state index in [4.69, 9.17) is 4.74 Å². The molecule has 1 aromatic rings. The van der Waals surface area contributed by atoms with Gasteiger partial charge in [-0.15, -0.1) is 0 Å². The van der Waals surface area contributed by atoms with Crippen molar-refractivity contribution >= 4 is 27.8 Å². The predicted octanol–water partition coefficient (Wildman–Crippen LogP) is 4.49. The highest BCUT2D eigenvalue weighted by molar-refractivity contribution is 9.10. The van der Waals surface area contributed by atoms with Gasteiger partial charge < -0.3 is 9.64 Å². The summed E-state index contributed by atoms with van der Waals surface area (Å²) in [4.78, 5) is 31.2. The Morgan fingerprint density at radius 2 is 1.58 bits per heavy atom. The number of nitrogens with zero attached hydrogens (tertiary/aromatic N) is 2. The monoisotopic (exact) mass is 422 g/mol. The first-order valence-electron chi connectivity index (χ1n) is 9.74. The molecule has 0 aliphatic heterocycles. The number of aromatic nitrogens is 1. The van der Waals surface area contributed by atoms with Gasteiger partial charge in [0.2, 0.25) is 0 Å². The lowest BCUT2D eigenvalue weighted by Gasteiger charge is -2.41. The molecule has 0 saturated heterocycles. The van der Waals surface area contributed by atoms with Crippen LogP contribution in [-0.4, -0.2) is 40.5 Å². The fourth-order valence-electron chi connectivity index (χ4n) is 4.23. The highest BCUT2D eigenvalue weighted by atomic mass is 79.9. The molecule has 1 aromatic heterocycles. The maximum atomic E-state index is 13.0. The van der Waals surface area contributed by atoms with E-state index in [-0.39, 0.29) is 12.5 Å². The van der Waals surface area contributed by atoms with E-state index < -0.39 is 5.97 Å². The van der Waals surface area contributed by atoms with Crippen molar-refractivity contribution in [1.29, 1.82) is 0 Å². The summed E-state index contributed by atoms with van der Waals surface area (Å²) in [6, 6.07) is 2.27. The van der Waals surface area contributed by atoms with E-state index in [0.717, 1.165) is 25.7 Å². The molecule has 2 fully saturated rings. The van der Waals surface area contributed by atoms with Crippen LogP contribution in [0.4, 0.5) is 0 Å². The smallest absolute Gasteiger partial charge is 0.340 e. The Kier molecular flexibility index (Phi) is 7.06. The van der Waals surface area contributed by atoms with E-state index in [1.165, 1.54) is 44.7 Å². The fraction of sp³-hybridized carbons (Fsp3) is 0.650. The average molecular weight is 423 g/mol. The molecular formula is C20H27BrN2O3. The molecule has 2 aliphatic carbocycles. The van der Waals surface area contributed by atoms with Gasteiger partial charge in [-0.2, -0.15) is 0 Å². The molecule has 142 valence electrons. The predicted molar refractivity (Wildman–Crippen MR) is 103 cm³/mol. The van der Waals surface area contributed by atoms with Gasteiger partial charge >= 0.3 is 5.97 Å². The third-order valence-electron chi connectivity index (χ3n) is 5.49. The van der Waals surface area contributed by atoms with Gasteiger partial charge in [0, 0.05) is 29.0 Å². The van der Waals surface area contributed by atoms with E-state index in [9.17, 15) is 9.59 Å². The third kappa shape index (κ3) is 5.06. The molecule has 0 N–H and O–H groups in total. The normalized spacial score (nSPS) is 19.1. The van der Waals surface area contributed by atoms with Crippen LogP contribution in [0.25, 0.3) is 0 Å². The number of hydrogen-bond donors (Lipinski definition) is 0. The van der Waals surface area contributed by atoms with Crippen LogP contribution in [0.1, 0.15) is 74.6 Å². The van der Waals surface area contributed by atoms with Crippen molar-refractivity contribution in [2.45, 2.75) is 76.3 Å². The van der Waals surface area contributed by atoms with Crippen molar-refractivity contribution in [3.05, 3.63) is 28.5 Å². The van der Waals surface area contributed by atoms with E-state index in [1.54, 1.807) is 12.3 Å². The van der Waals surface area contributed by atoms with E-state index >= 15 is 0 Å². The minimum absolute atomic E-state index is 0.0416. The van der Waals surface area contributed by atoms with Crippen LogP contribution in [0.3, 0.4) is 0 Å². The second-order valence-electron chi connectivity index (χ2n) is 7.35. The summed E-state index contributed by atoms with van der Waals surface area (Å²) in [6.45, 7) is -0.182. The molecule has 1 amide bonds. The Morgan fingerprint density at radius 1 is 1.00 bits per heavy atom. The minimum Gasteiger partial charge on any atom is -0.452 e. The number of halogens is 1. The lowest BCUT2D eigenvalue weighted by Crippen LogP contribution is -2.50. The van der Waals surface area contributed by atoms with Crippen LogP contribution < -0.4 is 0 Å². The molecule has 0 spiro atoms. The summed E-state index contributed by atoms with van der Waals surface area (Å²) in [5.41, 5.74) is 0.356. The quantitative estimate of drug-likeness (QED) is 0.655. The maximum Gasteiger partial charge on any atom is 0.340 e. The van der Waals surface area contributed by atoms with Gasteiger partial charge in [0.15, 0.2) is 6.61 Å². The number of carbonyl (C=O) groups excluding carboxylic acids is 2. The van der Waals surface area contributed by atoms with Gasteiger partial charge in [-0.05, 0) is 47.7 Å². The second kappa shape index (κ2) is 9.49. The standard InChI is InChI=1S/C20H27BrN2O3/c21-16-11-15(12-22-13-16)20(25)26-14-19(24)23(17-7-3-1-4-8-17)18-9-5-2-6-10-18/h11-13,17-18H,1-10,14H2. The molecule has 0 atom stereocenters. The first kappa shape index (κ1) is 19.3. The Bertz CT molecular complexity index is 607. The number of esters is 1. The second-order valence-corrected chi connectivity index (χ2v) is 8.27. The molecule has 5 nitrogen and oxygen atoms in total. The van der Waals surface area contributed by atoms with Gasteiger partial charge in [-0.25, -0.2) is 4.79 Å². The van der Waals surface area contributed by atoms with Crippen molar-refractivity contribution in [3.8, 4) is 0 Å². The summed E-state index contributed by atoms with van der Waals surface area (Å²) in [6.07, 6.45) is 14.6. The molecular weight excluding hydrogens is 396 g/mol. The highest BCUT2D eigenvalue weighted by Gasteiger charge is 2.32. The van der Waals surface area contributed by atoms with Crippen molar-refractivity contribution in [2.24, 2.45) is 0 Å². The summed E-state index contributed by atoms with van der Waals surface area (Å²) in [7, 11) is 0. The van der Waals surface area contributed by atoms with Gasteiger partial charge in [0.05, 0.1) is 5.56 Å². The third-order valence-corrected chi connectivity index (χ3v) is 5.93. The zero-order valence-electron chi connectivity index (χ0n) is 15.2. The Hall–Kier alpha value is -1.43. The zero-order valence-corrected chi connectivity index (χ0v) is 16.7. The van der Waals surface area contributed by atoms with Gasteiger partial charge in [0.1, 0.15) is 0 Å². The number of ether oxygens (including phenoxy) is 1. The SMILES string of the molecule is O=C(OCC(=O)N(C1CCCCC1)C1CCCCC1)c1cncc(Br)c1. The Morgan fingerprint density at radius 3 is 2.12 bits per heavy atom. The lowest BCUT2D eigenvalue weighted by atomic mass is 9.88. The number of hydrogen-bond acceptors (Lipinski definition) is 4. The largest absolute Gasteiger partial charge is 0.452 e. The molecule has 0 aromatic carbocycles.